The first-order chi connectivity index (χ1) is 5.70. The van der Waals surface area contributed by atoms with Crippen LogP contribution in [0, 0.1) is 0 Å². The van der Waals surface area contributed by atoms with Crippen molar-refractivity contribution in [2.45, 2.75) is 46.3 Å². The average molecular weight is 169 g/mol. The Morgan fingerprint density at radius 1 is 1.42 bits per heavy atom. The summed E-state index contributed by atoms with van der Waals surface area (Å²) in [5.74, 6) is 0. The third-order valence-electron chi connectivity index (χ3n) is 2.31. The van der Waals surface area contributed by atoms with Crippen LogP contribution < -0.4 is 0 Å². The Bertz CT molecular complexity index is 165. The molecule has 1 heterocycles. The van der Waals surface area contributed by atoms with Gasteiger partial charge in [0.05, 0.1) is 0 Å². The Balaban J connectivity index is 2.62. The van der Waals surface area contributed by atoms with Crippen LogP contribution in [0.2, 0.25) is 0 Å². The van der Waals surface area contributed by atoms with Crippen LogP contribution in [-0.4, -0.2) is 35.0 Å². The second kappa shape index (κ2) is 3.78. The van der Waals surface area contributed by atoms with Crippen LogP contribution in [-0.2, 0) is 0 Å². The van der Waals surface area contributed by atoms with E-state index in [0.717, 1.165) is 13.0 Å². The SMILES string of the molecule is CCC1N(CC)N=CN1C(C)C. The van der Waals surface area contributed by atoms with Gasteiger partial charge in [0, 0.05) is 12.6 Å². The molecule has 0 saturated carbocycles. The van der Waals surface area contributed by atoms with Gasteiger partial charge in [0.25, 0.3) is 0 Å². The zero-order chi connectivity index (χ0) is 9.14. The van der Waals surface area contributed by atoms with E-state index in [2.05, 4.69) is 42.7 Å². The number of nitrogens with zero attached hydrogens (tertiary/aromatic N) is 3. The molecule has 3 nitrogen and oxygen atoms in total. The molecule has 0 amide bonds. The van der Waals surface area contributed by atoms with Gasteiger partial charge >= 0.3 is 0 Å². The van der Waals surface area contributed by atoms with Crippen LogP contribution in [0.3, 0.4) is 0 Å². The zero-order valence-electron chi connectivity index (χ0n) is 8.49. The summed E-state index contributed by atoms with van der Waals surface area (Å²) < 4.78 is 0. The van der Waals surface area contributed by atoms with Crippen LogP contribution in [0.1, 0.15) is 34.1 Å². The van der Waals surface area contributed by atoms with Crippen LogP contribution >= 0.6 is 0 Å². The number of hydrogen-bond acceptors (Lipinski definition) is 3. The Hall–Kier alpha value is -0.730. The summed E-state index contributed by atoms with van der Waals surface area (Å²) in [6, 6.07) is 0.551. The summed E-state index contributed by atoms with van der Waals surface area (Å²) >= 11 is 0. The van der Waals surface area contributed by atoms with E-state index in [0.29, 0.717) is 12.2 Å². The fourth-order valence-electron chi connectivity index (χ4n) is 1.63. The highest BCUT2D eigenvalue weighted by molar-refractivity contribution is 5.57. The van der Waals surface area contributed by atoms with Crippen molar-refractivity contribution in [3.63, 3.8) is 0 Å². The molecule has 0 bridgehead atoms. The molecule has 1 unspecified atom stereocenters. The molecule has 1 rings (SSSR count). The molecular formula is C9H19N3. The van der Waals surface area contributed by atoms with E-state index in [1.165, 1.54) is 0 Å². The van der Waals surface area contributed by atoms with Crippen LogP contribution in [0.25, 0.3) is 0 Å². The van der Waals surface area contributed by atoms with Gasteiger partial charge in [-0.2, -0.15) is 5.10 Å². The summed E-state index contributed by atoms with van der Waals surface area (Å²) in [5, 5.41) is 6.48. The van der Waals surface area contributed by atoms with E-state index in [4.69, 9.17) is 0 Å². The van der Waals surface area contributed by atoms with Gasteiger partial charge in [-0.15, -0.1) is 0 Å². The normalized spacial score (nSPS) is 22.9. The fraction of sp³-hybridized carbons (Fsp3) is 0.889. The smallest absolute Gasteiger partial charge is 0.119 e. The van der Waals surface area contributed by atoms with Gasteiger partial charge in [0.2, 0.25) is 0 Å². The Morgan fingerprint density at radius 2 is 2.08 bits per heavy atom. The monoisotopic (exact) mass is 169 g/mol. The van der Waals surface area contributed by atoms with E-state index < -0.39 is 0 Å². The maximum Gasteiger partial charge on any atom is 0.119 e. The van der Waals surface area contributed by atoms with Crippen LogP contribution in [0.15, 0.2) is 5.10 Å². The number of hydrogen-bond donors (Lipinski definition) is 0. The quantitative estimate of drug-likeness (QED) is 0.640. The Labute approximate surface area is 75.0 Å². The van der Waals surface area contributed by atoms with Crippen LogP contribution in [0.4, 0.5) is 0 Å². The van der Waals surface area contributed by atoms with Crippen molar-refractivity contribution in [3.8, 4) is 0 Å². The lowest BCUT2D eigenvalue weighted by Gasteiger charge is -2.31. The van der Waals surface area contributed by atoms with Crippen molar-refractivity contribution >= 4 is 6.34 Å². The average Bonchev–Trinajstić information content (AvgIpc) is 2.46. The highest BCUT2D eigenvalue weighted by atomic mass is 15.6. The maximum absolute atomic E-state index is 4.34. The molecule has 0 aromatic carbocycles. The molecule has 0 aliphatic carbocycles. The summed E-state index contributed by atoms with van der Waals surface area (Å²) in [5.41, 5.74) is 0. The second-order valence-corrected chi connectivity index (χ2v) is 3.42. The highest BCUT2D eigenvalue weighted by Crippen LogP contribution is 2.17. The summed E-state index contributed by atoms with van der Waals surface area (Å²) in [7, 11) is 0. The molecule has 0 radical (unpaired) electrons. The minimum atomic E-state index is 0.481. The summed E-state index contributed by atoms with van der Waals surface area (Å²) in [6.45, 7) is 9.75. The van der Waals surface area contributed by atoms with E-state index in [-0.39, 0.29) is 0 Å². The predicted molar refractivity (Wildman–Crippen MR) is 51.9 cm³/mol. The van der Waals surface area contributed by atoms with Crippen molar-refractivity contribution in [1.82, 2.24) is 9.91 Å². The molecule has 0 saturated heterocycles. The molecule has 0 spiro atoms. The van der Waals surface area contributed by atoms with E-state index in [1.54, 1.807) is 0 Å². The van der Waals surface area contributed by atoms with Gasteiger partial charge in [-0.3, -0.25) is 5.01 Å². The molecule has 0 aromatic rings. The lowest BCUT2D eigenvalue weighted by atomic mass is 10.2. The minimum absolute atomic E-state index is 0.481. The number of rotatable bonds is 3. The Kier molecular flexibility index (Phi) is 2.95. The lowest BCUT2D eigenvalue weighted by molar-refractivity contribution is 0.114. The Morgan fingerprint density at radius 3 is 2.50 bits per heavy atom. The largest absolute Gasteiger partial charge is 0.337 e. The van der Waals surface area contributed by atoms with E-state index >= 15 is 0 Å². The third kappa shape index (κ3) is 1.54. The zero-order valence-corrected chi connectivity index (χ0v) is 8.49. The first kappa shape index (κ1) is 9.36. The van der Waals surface area contributed by atoms with Gasteiger partial charge < -0.3 is 4.90 Å². The molecule has 1 atom stereocenters. The molecule has 0 fully saturated rings. The first-order valence-corrected chi connectivity index (χ1v) is 4.78. The van der Waals surface area contributed by atoms with Crippen molar-refractivity contribution in [2.24, 2.45) is 5.10 Å². The molecular weight excluding hydrogens is 150 g/mol. The van der Waals surface area contributed by atoms with Crippen molar-refractivity contribution < 1.29 is 0 Å². The van der Waals surface area contributed by atoms with Gasteiger partial charge in [0.15, 0.2) is 0 Å². The minimum Gasteiger partial charge on any atom is -0.337 e. The molecule has 0 N–H and O–H groups in total. The van der Waals surface area contributed by atoms with Crippen LogP contribution in [0.5, 0.6) is 0 Å². The molecule has 70 valence electrons. The predicted octanol–water partition coefficient (Wildman–Crippen LogP) is 1.71. The van der Waals surface area contributed by atoms with E-state index in [1.807, 2.05) is 6.34 Å². The number of hydrazone groups is 1. The molecule has 1 aliphatic heterocycles. The molecule has 12 heavy (non-hydrogen) atoms. The topological polar surface area (TPSA) is 18.8 Å². The highest BCUT2D eigenvalue weighted by Gasteiger charge is 2.26. The maximum atomic E-state index is 4.34. The van der Waals surface area contributed by atoms with Gasteiger partial charge in [0.1, 0.15) is 12.5 Å². The fourth-order valence-corrected chi connectivity index (χ4v) is 1.63. The van der Waals surface area contributed by atoms with Gasteiger partial charge in [-0.25, -0.2) is 0 Å². The van der Waals surface area contributed by atoms with Crippen molar-refractivity contribution in [2.75, 3.05) is 6.54 Å². The summed E-state index contributed by atoms with van der Waals surface area (Å²) in [4.78, 5) is 2.31. The molecule has 3 heteroatoms. The standard InChI is InChI=1S/C9H19N3/c1-5-9-11(8(3)4)7-10-12(9)6-2/h7-9H,5-6H2,1-4H3. The third-order valence-corrected chi connectivity index (χ3v) is 2.31. The first-order valence-electron chi connectivity index (χ1n) is 4.78. The lowest BCUT2D eigenvalue weighted by Crippen LogP contribution is -2.42. The van der Waals surface area contributed by atoms with Gasteiger partial charge in [-0.1, -0.05) is 6.92 Å². The van der Waals surface area contributed by atoms with Crippen molar-refractivity contribution in [3.05, 3.63) is 0 Å². The molecule has 0 aromatic heterocycles. The second-order valence-electron chi connectivity index (χ2n) is 3.42. The summed E-state index contributed by atoms with van der Waals surface area (Å²) in [6.07, 6.45) is 3.57. The van der Waals surface area contributed by atoms with Crippen molar-refractivity contribution in [1.29, 1.82) is 0 Å². The van der Waals surface area contributed by atoms with E-state index in [9.17, 15) is 0 Å². The molecule has 1 aliphatic rings. The van der Waals surface area contributed by atoms with Gasteiger partial charge in [-0.05, 0) is 27.2 Å².